The Hall–Kier alpha value is -4.13. The van der Waals surface area contributed by atoms with Gasteiger partial charge in [0.25, 0.3) is 0 Å². The topological polar surface area (TPSA) is 66.3 Å². The Morgan fingerprint density at radius 3 is 2.42 bits per heavy atom. The number of aliphatic imine (C=N–C) groups is 1. The van der Waals surface area contributed by atoms with Gasteiger partial charge >= 0.3 is 5.97 Å². The third-order valence-corrected chi connectivity index (χ3v) is 4.83. The third kappa shape index (κ3) is 5.38. The fourth-order valence-corrected chi connectivity index (χ4v) is 3.19. The predicted molar refractivity (Wildman–Crippen MR) is 122 cm³/mol. The van der Waals surface area contributed by atoms with E-state index in [9.17, 15) is 9.18 Å². The Morgan fingerprint density at radius 2 is 1.73 bits per heavy atom. The molecule has 0 fully saturated rings. The number of benzene rings is 3. The van der Waals surface area contributed by atoms with Crippen LogP contribution in [0.25, 0.3) is 6.08 Å². The second-order valence-corrected chi connectivity index (χ2v) is 7.12. The zero-order valence-corrected chi connectivity index (χ0v) is 18.2. The molecule has 168 valence electrons. The molecule has 1 aliphatic rings. The molecule has 0 bridgehead atoms. The lowest BCUT2D eigenvalue weighted by molar-refractivity contribution is -0.129. The highest BCUT2D eigenvalue weighted by atomic mass is 19.1. The highest BCUT2D eigenvalue weighted by Gasteiger charge is 2.24. The third-order valence-electron chi connectivity index (χ3n) is 4.83. The highest BCUT2D eigenvalue weighted by Crippen LogP contribution is 2.30. The second kappa shape index (κ2) is 9.99. The first-order valence-electron chi connectivity index (χ1n) is 10.4. The van der Waals surface area contributed by atoms with Crippen LogP contribution in [0.1, 0.15) is 23.6 Å². The van der Waals surface area contributed by atoms with Crippen LogP contribution in [0, 0.1) is 5.82 Å². The molecule has 1 heterocycles. The quantitative estimate of drug-likeness (QED) is 0.353. The van der Waals surface area contributed by atoms with Crippen LogP contribution in [-0.4, -0.2) is 25.6 Å². The monoisotopic (exact) mass is 447 g/mol. The summed E-state index contributed by atoms with van der Waals surface area (Å²) in [4.78, 5) is 16.7. The normalized spacial score (nSPS) is 14.1. The number of cyclic esters (lactones) is 1. The molecule has 0 atom stereocenters. The maximum absolute atomic E-state index is 13.1. The van der Waals surface area contributed by atoms with Crippen molar-refractivity contribution in [3.8, 4) is 17.2 Å². The van der Waals surface area contributed by atoms with E-state index in [0.717, 1.165) is 11.3 Å². The van der Waals surface area contributed by atoms with Crippen molar-refractivity contribution in [2.45, 2.75) is 13.5 Å². The fourth-order valence-electron chi connectivity index (χ4n) is 3.19. The lowest BCUT2D eigenvalue weighted by Crippen LogP contribution is -2.05. The van der Waals surface area contributed by atoms with E-state index in [4.69, 9.17) is 18.9 Å². The van der Waals surface area contributed by atoms with Gasteiger partial charge in [-0.15, -0.1) is 0 Å². The summed E-state index contributed by atoms with van der Waals surface area (Å²) in [7, 11) is 1.53. The maximum atomic E-state index is 13.1. The van der Waals surface area contributed by atoms with Gasteiger partial charge in [-0.25, -0.2) is 14.2 Å². The summed E-state index contributed by atoms with van der Waals surface area (Å²) >= 11 is 0. The van der Waals surface area contributed by atoms with Crippen LogP contribution in [0.5, 0.6) is 17.2 Å². The number of hydrogen-bond donors (Lipinski definition) is 0. The number of ether oxygens (including phenoxy) is 4. The van der Waals surface area contributed by atoms with Gasteiger partial charge in [-0.05, 0) is 72.7 Å². The van der Waals surface area contributed by atoms with E-state index in [-0.39, 0.29) is 24.0 Å². The molecule has 0 saturated heterocycles. The van der Waals surface area contributed by atoms with E-state index in [0.29, 0.717) is 29.2 Å². The summed E-state index contributed by atoms with van der Waals surface area (Å²) in [5.74, 6) is 1.16. The molecule has 0 unspecified atom stereocenters. The number of carbonyl (C=O) groups is 1. The Bertz CT molecular complexity index is 1200. The van der Waals surface area contributed by atoms with Crippen molar-refractivity contribution in [3.05, 3.63) is 94.9 Å². The van der Waals surface area contributed by atoms with Gasteiger partial charge in [0, 0.05) is 5.56 Å². The first-order valence-corrected chi connectivity index (χ1v) is 10.4. The summed E-state index contributed by atoms with van der Waals surface area (Å²) in [5.41, 5.74) is 2.39. The number of rotatable bonds is 8. The number of carbonyl (C=O) groups excluding carboxylic acids is 1. The van der Waals surface area contributed by atoms with E-state index >= 15 is 0 Å². The van der Waals surface area contributed by atoms with Crippen molar-refractivity contribution in [2.75, 3.05) is 13.7 Å². The van der Waals surface area contributed by atoms with Crippen molar-refractivity contribution >= 4 is 17.9 Å². The van der Waals surface area contributed by atoms with Gasteiger partial charge in [-0.3, -0.25) is 0 Å². The fraction of sp³-hybridized carbons (Fsp3) is 0.154. The van der Waals surface area contributed by atoms with Crippen LogP contribution in [0.15, 0.2) is 77.4 Å². The molecule has 0 spiro atoms. The van der Waals surface area contributed by atoms with Gasteiger partial charge in [-0.2, -0.15) is 0 Å². The molecule has 7 heteroatoms. The molecule has 1 aliphatic heterocycles. The molecule has 6 nitrogen and oxygen atoms in total. The van der Waals surface area contributed by atoms with Crippen LogP contribution >= 0.6 is 0 Å². The minimum absolute atomic E-state index is 0.181. The van der Waals surface area contributed by atoms with Crippen LogP contribution in [0.4, 0.5) is 4.39 Å². The standard InChI is InChI=1S/C26H22FNO5/c1-3-31-21-11-7-19(8-12-21)25-28-22(26(29)33-25)14-18-6-13-23(24(15-18)30-2)32-16-17-4-9-20(27)10-5-17/h4-15H,3,16H2,1-2H3/b22-14+. The largest absolute Gasteiger partial charge is 0.494 e. The Labute approximate surface area is 190 Å². The molecular weight excluding hydrogens is 425 g/mol. The van der Waals surface area contributed by atoms with E-state index < -0.39 is 5.97 Å². The molecule has 0 aliphatic carbocycles. The molecule has 3 aromatic carbocycles. The average Bonchev–Trinajstić information content (AvgIpc) is 3.20. The van der Waals surface area contributed by atoms with E-state index in [1.165, 1.54) is 19.2 Å². The van der Waals surface area contributed by atoms with E-state index in [1.807, 2.05) is 6.92 Å². The molecule has 4 rings (SSSR count). The second-order valence-electron chi connectivity index (χ2n) is 7.12. The minimum Gasteiger partial charge on any atom is -0.494 e. The Balaban J connectivity index is 1.50. The van der Waals surface area contributed by atoms with Gasteiger partial charge in [0.15, 0.2) is 17.2 Å². The van der Waals surface area contributed by atoms with Crippen molar-refractivity contribution in [1.29, 1.82) is 0 Å². The number of nitrogens with zero attached hydrogens (tertiary/aromatic N) is 1. The van der Waals surface area contributed by atoms with Crippen LogP contribution in [0.2, 0.25) is 0 Å². The van der Waals surface area contributed by atoms with Crippen molar-refractivity contribution in [1.82, 2.24) is 0 Å². The molecule has 0 aromatic heterocycles. The summed E-state index contributed by atoms with van der Waals surface area (Å²) in [6.45, 7) is 2.74. The first-order chi connectivity index (χ1) is 16.1. The van der Waals surface area contributed by atoms with Crippen molar-refractivity contribution in [2.24, 2.45) is 4.99 Å². The molecule has 3 aromatic rings. The average molecular weight is 447 g/mol. The number of hydrogen-bond acceptors (Lipinski definition) is 6. The van der Waals surface area contributed by atoms with Crippen LogP contribution in [-0.2, 0) is 16.1 Å². The molecule has 0 amide bonds. The van der Waals surface area contributed by atoms with Crippen LogP contribution < -0.4 is 14.2 Å². The summed E-state index contributed by atoms with van der Waals surface area (Å²) in [6.07, 6.45) is 1.62. The minimum atomic E-state index is -0.533. The number of methoxy groups -OCH3 is 1. The molecular formula is C26H22FNO5. The number of esters is 1. The smallest absolute Gasteiger partial charge is 0.363 e. The summed E-state index contributed by atoms with van der Waals surface area (Å²) in [5, 5.41) is 0. The lowest BCUT2D eigenvalue weighted by atomic mass is 10.1. The lowest BCUT2D eigenvalue weighted by Gasteiger charge is -2.11. The zero-order valence-electron chi connectivity index (χ0n) is 18.2. The maximum Gasteiger partial charge on any atom is 0.363 e. The van der Waals surface area contributed by atoms with Crippen molar-refractivity contribution < 1.29 is 28.1 Å². The highest BCUT2D eigenvalue weighted by molar-refractivity contribution is 6.12. The Kier molecular flexibility index (Phi) is 6.69. The first kappa shape index (κ1) is 22.1. The number of halogens is 1. The van der Waals surface area contributed by atoms with Gasteiger partial charge in [0.2, 0.25) is 5.90 Å². The molecule has 0 N–H and O–H groups in total. The van der Waals surface area contributed by atoms with E-state index in [2.05, 4.69) is 4.99 Å². The predicted octanol–water partition coefficient (Wildman–Crippen LogP) is 5.16. The summed E-state index contributed by atoms with van der Waals surface area (Å²) < 4.78 is 35.0. The van der Waals surface area contributed by atoms with Gasteiger partial charge in [0.1, 0.15) is 18.2 Å². The van der Waals surface area contributed by atoms with Gasteiger partial charge < -0.3 is 18.9 Å². The van der Waals surface area contributed by atoms with Crippen molar-refractivity contribution in [3.63, 3.8) is 0 Å². The molecule has 0 saturated carbocycles. The Morgan fingerprint density at radius 1 is 0.970 bits per heavy atom. The van der Waals surface area contributed by atoms with Gasteiger partial charge in [0.05, 0.1) is 13.7 Å². The van der Waals surface area contributed by atoms with Crippen LogP contribution in [0.3, 0.4) is 0 Å². The van der Waals surface area contributed by atoms with E-state index in [1.54, 1.807) is 60.7 Å². The molecule has 0 radical (unpaired) electrons. The molecule has 33 heavy (non-hydrogen) atoms. The van der Waals surface area contributed by atoms with Gasteiger partial charge in [-0.1, -0.05) is 18.2 Å². The zero-order chi connectivity index (χ0) is 23.2. The summed E-state index contributed by atoms with van der Waals surface area (Å²) in [6, 6.07) is 18.5. The SMILES string of the molecule is CCOc1ccc(C2=N/C(=C/c3ccc(OCc4ccc(F)cc4)c(OC)c3)C(=O)O2)cc1.